The molecule has 0 aromatic carbocycles. The summed E-state index contributed by atoms with van der Waals surface area (Å²) in [4.78, 5) is 23.9. The zero-order chi connectivity index (χ0) is 12.8. The molecule has 0 spiro atoms. The number of hydrogen-bond donors (Lipinski definition) is 2. The lowest BCUT2D eigenvalue weighted by Gasteiger charge is -2.39. The van der Waals surface area contributed by atoms with E-state index in [2.05, 4.69) is 19.2 Å². The van der Waals surface area contributed by atoms with Crippen LogP contribution in [-0.4, -0.2) is 41.1 Å². The van der Waals surface area contributed by atoms with E-state index in [1.54, 1.807) is 4.90 Å². The summed E-state index contributed by atoms with van der Waals surface area (Å²) < 4.78 is 0. The van der Waals surface area contributed by atoms with Gasteiger partial charge in [0.1, 0.15) is 0 Å². The van der Waals surface area contributed by atoms with Crippen LogP contribution in [0, 0.1) is 5.92 Å². The van der Waals surface area contributed by atoms with Gasteiger partial charge in [0.2, 0.25) is 0 Å². The van der Waals surface area contributed by atoms with Gasteiger partial charge in [-0.25, -0.2) is 4.79 Å². The first-order chi connectivity index (χ1) is 8.06. The molecule has 0 saturated carbocycles. The Labute approximate surface area is 102 Å². The molecule has 2 amide bonds. The normalized spacial score (nSPS) is 17.4. The molecule has 98 valence electrons. The summed E-state index contributed by atoms with van der Waals surface area (Å²) in [6, 6.07) is 0.193. The third kappa shape index (κ3) is 4.24. The molecule has 0 aliphatic carbocycles. The molecule has 1 unspecified atom stereocenters. The number of carbonyl (C=O) groups excluding carboxylic acids is 1. The first kappa shape index (κ1) is 13.8. The maximum atomic E-state index is 11.8. The Balaban J connectivity index is 2.24. The van der Waals surface area contributed by atoms with Gasteiger partial charge in [-0.2, -0.15) is 0 Å². The average Bonchev–Trinajstić information content (AvgIpc) is 2.21. The predicted molar refractivity (Wildman–Crippen MR) is 64.8 cm³/mol. The molecule has 1 atom stereocenters. The van der Waals surface area contributed by atoms with Crippen molar-refractivity contribution >= 4 is 12.0 Å². The van der Waals surface area contributed by atoms with Crippen LogP contribution in [-0.2, 0) is 4.79 Å². The van der Waals surface area contributed by atoms with Gasteiger partial charge >= 0.3 is 12.0 Å². The summed E-state index contributed by atoms with van der Waals surface area (Å²) in [7, 11) is 0. The summed E-state index contributed by atoms with van der Waals surface area (Å²) in [6.07, 6.45) is 3.15. The van der Waals surface area contributed by atoms with Crippen molar-refractivity contribution in [2.45, 2.75) is 45.6 Å². The van der Waals surface area contributed by atoms with Crippen molar-refractivity contribution < 1.29 is 14.7 Å². The molecule has 0 radical (unpaired) electrons. The quantitative estimate of drug-likeness (QED) is 0.744. The summed E-state index contributed by atoms with van der Waals surface area (Å²) in [6.45, 7) is 5.30. The standard InChI is InChI=1S/C12H22N2O3/c1-3-5-10(4-2)13-12(17)14-7-9(8-14)6-11(15)16/h9-10H,3-8H2,1-2H3,(H,13,17)(H,15,16). The van der Waals surface area contributed by atoms with E-state index in [1.165, 1.54) is 0 Å². The molecule has 1 aliphatic heterocycles. The van der Waals surface area contributed by atoms with Crippen molar-refractivity contribution in [2.75, 3.05) is 13.1 Å². The summed E-state index contributed by atoms with van der Waals surface area (Å²) in [5.74, 6) is -0.656. The fraction of sp³-hybridized carbons (Fsp3) is 0.833. The van der Waals surface area contributed by atoms with Crippen molar-refractivity contribution in [1.82, 2.24) is 10.2 Å². The number of hydrogen-bond acceptors (Lipinski definition) is 2. The molecular formula is C12H22N2O3. The molecule has 1 aliphatic rings. The Morgan fingerprint density at radius 1 is 1.41 bits per heavy atom. The van der Waals surface area contributed by atoms with Crippen LogP contribution in [0.3, 0.4) is 0 Å². The molecule has 0 bridgehead atoms. The molecule has 5 nitrogen and oxygen atoms in total. The number of likely N-dealkylation sites (tertiary alicyclic amines) is 1. The molecular weight excluding hydrogens is 220 g/mol. The van der Waals surface area contributed by atoms with E-state index in [1.807, 2.05) is 0 Å². The lowest BCUT2D eigenvalue weighted by Crippen LogP contribution is -2.55. The van der Waals surface area contributed by atoms with E-state index in [9.17, 15) is 9.59 Å². The summed E-state index contributed by atoms with van der Waals surface area (Å²) >= 11 is 0. The third-order valence-electron chi connectivity index (χ3n) is 3.17. The van der Waals surface area contributed by atoms with Gasteiger partial charge < -0.3 is 15.3 Å². The van der Waals surface area contributed by atoms with Crippen LogP contribution in [0.1, 0.15) is 39.5 Å². The number of nitrogens with zero attached hydrogens (tertiary/aromatic N) is 1. The van der Waals surface area contributed by atoms with E-state index in [0.29, 0.717) is 13.1 Å². The first-order valence-corrected chi connectivity index (χ1v) is 6.34. The van der Waals surface area contributed by atoms with Gasteiger partial charge in [-0.3, -0.25) is 4.79 Å². The van der Waals surface area contributed by atoms with Gasteiger partial charge in [-0.1, -0.05) is 20.3 Å². The highest BCUT2D eigenvalue weighted by Crippen LogP contribution is 2.19. The molecule has 1 saturated heterocycles. The van der Waals surface area contributed by atoms with Crippen molar-refractivity contribution in [2.24, 2.45) is 5.92 Å². The maximum Gasteiger partial charge on any atom is 0.317 e. The van der Waals surface area contributed by atoms with Crippen molar-refractivity contribution in [1.29, 1.82) is 0 Å². The highest BCUT2D eigenvalue weighted by Gasteiger charge is 2.32. The van der Waals surface area contributed by atoms with Crippen molar-refractivity contribution in [3.8, 4) is 0 Å². The molecule has 5 heteroatoms. The topological polar surface area (TPSA) is 69.6 Å². The Bertz CT molecular complexity index is 275. The highest BCUT2D eigenvalue weighted by molar-refractivity contribution is 5.76. The van der Waals surface area contributed by atoms with E-state index in [0.717, 1.165) is 19.3 Å². The highest BCUT2D eigenvalue weighted by atomic mass is 16.4. The fourth-order valence-electron chi connectivity index (χ4n) is 2.10. The molecule has 17 heavy (non-hydrogen) atoms. The maximum absolute atomic E-state index is 11.8. The number of urea groups is 1. The number of aliphatic carboxylic acids is 1. The number of rotatable bonds is 6. The zero-order valence-corrected chi connectivity index (χ0v) is 10.6. The van der Waals surface area contributed by atoms with Gasteiger partial charge in [0.15, 0.2) is 0 Å². The lowest BCUT2D eigenvalue weighted by molar-refractivity contribution is -0.139. The minimum atomic E-state index is -0.785. The van der Waals surface area contributed by atoms with Crippen LogP contribution >= 0.6 is 0 Å². The Kier molecular flexibility index (Phi) is 5.25. The van der Waals surface area contributed by atoms with E-state index in [-0.39, 0.29) is 24.4 Å². The Hall–Kier alpha value is -1.26. The van der Waals surface area contributed by atoms with Crippen molar-refractivity contribution in [3.63, 3.8) is 0 Å². The van der Waals surface area contributed by atoms with Gasteiger partial charge in [0, 0.05) is 25.0 Å². The monoisotopic (exact) mass is 242 g/mol. The summed E-state index contributed by atoms with van der Waals surface area (Å²) in [5.41, 5.74) is 0. The number of amides is 2. The molecule has 0 aromatic rings. The number of carbonyl (C=O) groups is 2. The second-order valence-corrected chi connectivity index (χ2v) is 4.71. The van der Waals surface area contributed by atoms with Gasteiger partial charge in [-0.05, 0) is 12.8 Å². The van der Waals surface area contributed by atoms with Crippen LogP contribution < -0.4 is 5.32 Å². The fourth-order valence-corrected chi connectivity index (χ4v) is 2.10. The molecule has 2 N–H and O–H groups in total. The lowest BCUT2D eigenvalue weighted by atomic mass is 9.97. The van der Waals surface area contributed by atoms with E-state index < -0.39 is 5.97 Å². The Morgan fingerprint density at radius 3 is 2.53 bits per heavy atom. The van der Waals surface area contributed by atoms with Gasteiger partial charge in [0.05, 0.1) is 6.42 Å². The Morgan fingerprint density at radius 2 is 2.06 bits per heavy atom. The SMILES string of the molecule is CCCC(CC)NC(=O)N1CC(CC(=O)O)C1. The zero-order valence-electron chi connectivity index (χ0n) is 10.6. The minimum Gasteiger partial charge on any atom is -0.481 e. The van der Waals surface area contributed by atoms with Crippen LogP contribution in [0.5, 0.6) is 0 Å². The number of nitrogens with one attached hydrogen (secondary N) is 1. The van der Waals surface area contributed by atoms with Crippen LogP contribution in [0.25, 0.3) is 0 Å². The van der Waals surface area contributed by atoms with E-state index >= 15 is 0 Å². The average molecular weight is 242 g/mol. The molecule has 0 aromatic heterocycles. The summed E-state index contributed by atoms with van der Waals surface area (Å²) in [5, 5.41) is 11.6. The largest absolute Gasteiger partial charge is 0.481 e. The number of carboxylic acids is 1. The first-order valence-electron chi connectivity index (χ1n) is 6.34. The molecule has 1 fully saturated rings. The molecule has 1 rings (SSSR count). The van der Waals surface area contributed by atoms with Crippen molar-refractivity contribution in [3.05, 3.63) is 0 Å². The minimum absolute atomic E-state index is 0.0491. The van der Waals surface area contributed by atoms with E-state index in [4.69, 9.17) is 5.11 Å². The molecule has 1 heterocycles. The second-order valence-electron chi connectivity index (χ2n) is 4.71. The van der Waals surface area contributed by atoms with Crippen LogP contribution in [0.2, 0.25) is 0 Å². The smallest absolute Gasteiger partial charge is 0.317 e. The number of carboxylic acid groups (broad SMARTS) is 1. The van der Waals surface area contributed by atoms with Crippen LogP contribution in [0.15, 0.2) is 0 Å². The van der Waals surface area contributed by atoms with Gasteiger partial charge in [0.25, 0.3) is 0 Å². The third-order valence-corrected chi connectivity index (χ3v) is 3.17. The van der Waals surface area contributed by atoms with Gasteiger partial charge in [-0.15, -0.1) is 0 Å². The second kappa shape index (κ2) is 6.47. The van der Waals surface area contributed by atoms with Crippen LogP contribution in [0.4, 0.5) is 4.79 Å². The predicted octanol–water partition coefficient (Wildman–Crippen LogP) is 1.68.